The summed E-state index contributed by atoms with van der Waals surface area (Å²) in [4.78, 5) is 23.3. The van der Waals surface area contributed by atoms with Crippen LogP contribution in [0, 0.1) is 6.92 Å². The van der Waals surface area contributed by atoms with Crippen LogP contribution in [0.1, 0.15) is 18.9 Å². The third kappa shape index (κ3) is 5.28. The number of amides is 2. The molecule has 0 bridgehead atoms. The molecule has 0 aliphatic carbocycles. The lowest BCUT2D eigenvalue weighted by Crippen LogP contribution is -2.22. The largest absolute Gasteiger partial charge is 0.376 e. The molecule has 0 atom stereocenters. The Morgan fingerprint density at radius 3 is 2.29 bits per heavy atom. The highest BCUT2D eigenvalue weighted by Gasteiger charge is 2.06. The van der Waals surface area contributed by atoms with Gasteiger partial charge in [-0.25, -0.2) is 0 Å². The van der Waals surface area contributed by atoms with Gasteiger partial charge in [0.05, 0.1) is 6.54 Å². The van der Waals surface area contributed by atoms with Crippen molar-refractivity contribution in [3.8, 4) is 0 Å². The molecule has 0 unspecified atom stereocenters. The maximum atomic E-state index is 12.0. The third-order valence-electron chi connectivity index (χ3n) is 3.42. The highest BCUT2D eigenvalue weighted by Crippen LogP contribution is 2.20. The summed E-state index contributed by atoms with van der Waals surface area (Å²) >= 11 is 5.94. The van der Waals surface area contributed by atoms with Crippen molar-refractivity contribution in [2.75, 3.05) is 22.5 Å². The molecule has 24 heavy (non-hydrogen) atoms. The van der Waals surface area contributed by atoms with Gasteiger partial charge >= 0.3 is 0 Å². The van der Waals surface area contributed by atoms with Crippen molar-refractivity contribution >= 4 is 40.5 Å². The van der Waals surface area contributed by atoms with Gasteiger partial charge in [0.15, 0.2) is 0 Å². The summed E-state index contributed by atoms with van der Waals surface area (Å²) in [6, 6.07) is 12.6. The van der Waals surface area contributed by atoms with Gasteiger partial charge in [0.25, 0.3) is 0 Å². The molecular weight excluding hydrogens is 326 g/mol. The van der Waals surface area contributed by atoms with Crippen LogP contribution in [0.3, 0.4) is 0 Å². The van der Waals surface area contributed by atoms with E-state index >= 15 is 0 Å². The van der Waals surface area contributed by atoms with Crippen molar-refractivity contribution in [2.24, 2.45) is 0 Å². The standard InChI is InChI=1S/C18H20ClN3O2/c1-3-17(23)21-15-8-6-14(7-9-15)20-11-18(24)22-16-10-13(19)5-4-12(16)2/h4-10,20H,3,11H2,1-2H3,(H,21,23)(H,22,24). The molecule has 0 radical (unpaired) electrons. The SMILES string of the molecule is CCC(=O)Nc1ccc(NCC(=O)Nc2cc(Cl)ccc2C)cc1. The minimum absolute atomic E-state index is 0.0352. The normalized spacial score (nSPS) is 10.1. The minimum atomic E-state index is -0.163. The van der Waals surface area contributed by atoms with Gasteiger partial charge in [0.1, 0.15) is 0 Å². The first-order valence-electron chi connectivity index (χ1n) is 7.67. The first kappa shape index (κ1) is 17.8. The predicted molar refractivity (Wildman–Crippen MR) is 98.7 cm³/mol. The number of anilines is 3. The lowest BCUT2D eigenvalue weighted by Gasteiger charge is -2.11. The number of benzene rings is 2. The monoisotopic (exact) mass is 345 g/mol. The van der Waals surface area contributed by atoms with Crippen LogP contribution >= 0.6 is 11.6 Å². The van der Waals surface area contributed by atoms with Crippen molar-refractivity contribution in [1.29, 1.82) is 0 Å². The van der Waals surface area contributed by atoms with E-state index in [0.29, 0.717) is 17.1 Å². The number of hydrogen-bond donors (Lipinski definition) is 3. The van der Waals surface area contributed by atoms with Crippen LogP contribution in [0.4, 0.5) is 17.1 Å². The van der Waals surface area contributed by atoms with Crippen LogP contribution in [-0.4, -0.2) is 18.4 Å². The summed E-state index contributed by atoms with van der Waals surface area (Å²) < 4.78 is 0. The highest BCUT2D eigenvalue weighted by molar-refractivity contribution is 6.31. The van der Waals surface area contributed by atoms with Crippen molar-refractivity contribution in [3.05, 3.63) is 53.1 Å². The molecule has 0 aromatic heterocycles. The van der Waals surface area contributed by atoms with Gasteiger partial charge in [0, 0.05) is 28.5 Å². The van der Waals surface area contributed by atoms with Gasteiger partial charge in [-0.1, -0.05) is 24.6 Å². The Balaban J connectivity index is 1.87. The summed E-state index contributed by atoms with van der Waals surface area (Å²) in [6.07, 6.45) is 0.434. The zero-order chi connectivity index (χ0) is 17.5. The van der Waals surface area contributed by atoms with Crippen LogP contribution in [0.15, 0.2) is 42.5 Å². The fourth-order valence-corrected chi connectivity index (χ4v) is 2.20. The third-order valence-corrected chi connectivity index (χ3v) is 3.65. The van der Waals surface area contributed by atoms with Crippen LogP contribution in [0.25, 0.3) is 0 Å². The maximum Gasteiger partial charge on any atom is 0.243 e. The maximum absolute atomic E-state index is 12.0. The molecule has 0 fully saturated rings. The van der Waals surface area contributed by atoms with E-state index in [1.165, 1.54) is 0 Å². The quantitative estimate of drug-likeness (QED) is 0.739. The Labute approximate surface area is 146 Å². The van der Waals surface area contributed by atoms with Gasteiger partial charge in [-0.3, -0.25) is 9.59 Å². The van der Waals surface area contributed by atoms with Crippen molar-refractivity contribution in [3.63, 3.8) is 0 Å². The highest BCUT2D eigenvalue weighted by atomic mass is 35.5. The average molecular weight is 346 g/mol. The molecule has 0 heterocycles. The lowest BCUT2D eigenvalue weighted by molar-refractivity contribution is -0.116. The predicted octanol–water partition coefficient (Wildman–Crippen LogP) is 4.05. The number of carbonyl (C=O) groups is 2. The Morgan fingerprint density at radius 1 is 0.958 bits per heavy atom. The molecule has 126 valence electrons. The average Bonchev–Trinajstić information content (AvgIpc) is 2.57. The molecule has 2 aromatic carbocycles. The summed E-state index contributed by atoms with van der Waals surface area (Å²) in [7, 11) is 0. The summed E-state index contributed by atoms with van der Waals surface area (Å²) in [6.45, 7) is 3.83. The molecule has 2 rings (SSSR count). The molecule has 2 aromatic rings. The van der Waals surface area contributed by atoms with Crippen LogP contribution in [0.2, 0.25) is 5.02 Å². The fraction of sp³-hybridized carbons (Fsp3) is 0.222. The van der Waals surface area contributed by atoms with Crippen LogP contribution in [0.5, 0.6) is 0 Å². The lowest BCUT2D eigenvalue weighted by atomic mass is 10.2. The topological polar surface area (TPSA) is 70.2 Å². The van der Waals surface area contributed by atoms with Gasteiger partial charge in [-0.05, 0) is 48.9 Å². The first-order chi connectivity index (χ1) is 11.5. The van der Waals surface area contributed by atoms with Gasteiger partial charge in [-0.2, -0.15) is 0 Å². The van der Waals surface area contributed by atoms with E-state index in [1.807, 2.05) is 25.1 Å². The van der Waals surface area contributed by atoms with E-state index in [4.69, 9.17) is 11.6 Å². The second kappa shape index (κ2) is 8.36. The van der Waals surface area contributed by atoms with Crippen LogP contribution < -0.4 is 16.0 Å². The zero-order valence-electron chi connectivity index (χ0n) is 13.7. The number of carbonyl (C=O) groups excluding carboxylic acids is 2. The van der Waals surface area contributed by atoms with Crippen molar-refractivity contribution in [2.45, 2.75) is 20.3 Å². The Bertz CT molecular complexity index is 730. The number of nitrogens with one attached hydrogen (secondary N) is 3. The molecule has 0 saturated heterocycles. The number of aryl methyl sites for hydroxylation is 1. The van der Waals surface area contributed by atoms with E-state index in [-0.39, 0.29) is 18.4 Å². The Morgan fingerprint density at radius 2 is 1.62 bits per heavy atom. The Hall–Kier alpha value is -2.53. The van der Waals surface area contributed by atoms with E-state index in [2.05, 4.69) is 16.0 Å². The molecule has 0 aliphatic heterocycles. The zero-order valence-corrected chi connectivity index (χ0v) is 14.4. The molecule has 3 N–H and O–H groups in total. The number of halogens is 1. The summed E-state index contributed by atoms with van der Waals surface area (Å²) in [5.41, 5.74) is 3.17. The molecule has 0 spiro atoms. The fourth-order valence-electron chi connectivity index (χ4n) is 2.03. The van der Waals surface area contributed by atoms with E-state index in [1.54, 1.807) is 31.2 Å². The van der Waals surface area contributed by atoms with Crippen molar-refractivity contribution < 1.29 is 9.59 Å². The van der Waals surface area contributed by atoms with Gasteiger partial charge in [-0.15, -0.1) is 0 Å². The smallest absolute Gasteiger partial charge is 0.243 e. The molecular formula is C18H20ClN3O2. The molecule has 2 amide bonds. The van der Waals surface area contributed by atoms with Crippen molar-refractivity contribution in [1.82, 2.24) is 0 Å². The molecule has 0 aliphatic rings. The number of rotatable bonds is 6. The summed E-state index contributed by atoms with van der Waals surface area (Å²) in [5, 5.41) is 9.21. The number of hydrogen-bond acceptors (Lipinski definition) is 3. The second-order valence-electron chi connectivity index (χ2n) is 5.34. The van der Waals surface area contributed by atoms with E-state index < -0.39 is 0 Å². The molecule has 5 nitrogen and oxygen atoms in total. The van der Waals surface area contributed by atoms with Crippen LogP contribution in [-0.2, 0) is 9.59 Å². The Kier molecular flexibility index (Phi) is 6.21. The molecule has 6 heteroatoms. The molecule has 0 saturated carbocycles. The van der Waals surface area contributed by atoms with E-state index in [9.17, 15) is 9.59 Å². The van der Waals surface area contributed by atoms with Gasteiger partial charge < -0.3 is 16.0 Å². The van der Waals surface area contributed by atoms with Gasteiger partial charge in [0.2, 0.25) is 11.8 Å². The minimum Gasteiger partial charge on any atom is -0.376 e. The first-order valence-corrected chi connectivity index (χ1v) is 8.05. The van der Waals surface area contributed by atoms with E-state index in [0.717, 1.165) is 16.9 Å². The summed E-state index contributed by atoms with van der Waals surface area (Å²) in [5.74, 6) is -0.198. The second-order valence-corrected chi connectivity index (χ2v) is 5.78.